The van der Waals surface area contributed by atoms with Gasteiger partial charge in [0.1, 0.15) is 17.5 Å². The monoisotopic (exact) mass is 438 g/mol. The number of amidine groups is 2. The largest absolute Gasteiger partial charge is 0.387 e. The summed E-state index contributed by atoms with van der Waals surface area (Å²) in [4.78, 5) is 16.0. The lowest BCUT2D eigenvalue weighted by molar-refractivity contribution is 1.11. The first-order valence-electron chi connectivity index (χ1n) is 10.2. The number of nitrogens with zero attached hydrogens (tertiary/aromatic N) is 2. The molecule has 0 unspecified atom stereocenters. The van der Waals surface area contributed by atoms with Gasteiger partial charge in [-0.05, 0) is 25.1 Å². The van der Waals surface area contributed by atoms with Crippen molar-refractivity contribution in [3.8, 4) is 35.6 Å². The maximum absolute atomic E-state index is 7.59. The van der Waals surface area contributed by atoms with Crippen LogP contribution in [-0.2, 0) is 6.42 Å². The second kappa shape index (κ2) is 10.1. The van der Waals surface area contributed by atoms with Crippen molar-refractivity contribution in [2.45, 2.75) is 19.8 Å². The van der Waals surface area contributed by atoms with Crippen LogP contribution in [0.3, 0.4) is 0 Å². The zero-order valence-electron chi connectivity index (χ0n) is 18.3. The summed E-state index contributed by atoms with van der Waals surface area (Å²) in [5.41, 5.74) is 17.2. The maximum Gasteiger partial charge on any atom is 0.138 e. The third kappa shape index (κ3) is 5.35. The predicted molar refractivity (Wildman–Crippen MR) is 134 cm³/mol. The summed E-state index contributed by atoms with van der Waals surface area (Å²) in [5, 5.41) is 14.8. The number of aryl methyl sites for hydroxylation is 1. The highest BCUT2D eigenvalue weighted by Crippen LogP contribution is 2.25. The summed E-state index contributed by atoms with van der Waals surface area (Å²) in [6.07, 6.45) is 13.0. The fourth-order valence-electron chi connectivity index (χ4n) is 3.34. The van der Waals surface area contributed by atoms with Gasteiger partial charge in [0.25, 0.3) is 0 Å². The lowest BCUT2D eigenvalue weighted by Crippen LogP contribution is -2.10. The van der Waals surface area contributed by atoms with Crippen LogP contribution < -0.4 is 11.5 Å². The molecule has 166 valence electrons. The Labute approximate surface area is 192 Å². The van der Waals surface area contributed by atoms with E-state index in [-0.39, 0.29) is 11.7 Å². The molecule has 8 heteroatoms. The Morgan fingerprint density at radius 3 is 2.18 bits per heavy atom. The lowest BCUT2D eigenvalue weighted by atomic mass is 10.1. The van der Waals surface area contributed by atoms with Crippen molar-refractivity contribution < 1.29 is 0 Å². The third-order valence-corrected chi connectivity index (χ3v) is 5.03. The molecule has 4 aromatic rings. The number of allylic oxidation sites excluding steroid dienone is 1. The van der Waals surface area contributed by atoms with Gasteiger partial charge in [0, 0.05) is 35.2 Å². The van der Waals surface area contributed by atoms with Gasteiger partial charge in [-0.1, -0.05) is 36.4 Å². The van der Waals surface area contributed by atoms with Crippen molar-refractivity contribution in [2.75, 3.05) is 0 Å². The SMILES string of the molecule is C#C.Cc1[nH]c(-c2ccc(-c3nc4ccc(C(=N)N)cc4[nH]3)cc2)nc1C/C=C\CC(=N)N. The van der Waals surface area contributed by atoms with Gasteiger partial charge in [0.2, 0.25) is 0 Å². The standard InChI is InChI=1S/C23H24N8.C2H2/c1-13-17(4-2-3-5-20(24)25)29-22(28-13)14-6-8-15(9-7-14)23-30-18-11-10-16(21(26)27)12-19(18)31-23;1-2/h2-3,6-12H,4-5H2,1H3,(H3,24,25)(H3,26,27)(H,28,29)(H,30,31);1-2H/b3-2-;. The van der Waals surface area contributed by atoms with E-state index in [2.05, 4.69) is 27.8 Å². The zero-order chi connectivity index (χ0) is 24.0. The Morgan fingerprint density at radius 2 is 1.58 bits per heavy atom. The summed E-state index contributed by atoms with van der Waals surface area (Å²) < 4.78 is 0. The molecular formula is C25H26N8. The Hall–Kier alpha value is -4.64. The molecule has 33 heavy (non-hydrogen) atoms. The average Bonchev–Trinajstić information content (AvgIpc) is 3.41. The van der Waals surface area contributed by atoms with E-state index in [1.807, 2.05) is 55.5 Å². The van der Waals surface area contributed by atoms with Crippen LogP contribution in [0.4, 0.5) is 0 Å². The van der Waals surface area contributed by atoms with Crippen LogP contribution >= 0.6 is 0 Å². The quantitative estimate of drug-likeness (QED) is 0.112. The molecule has 0 saturated carbocycles. The van der Waals surface area contributed by atoms with Crippen LogP contribution in [-0.4, -0.2) is 31.6 Å². The summed E-state index contributed by atoms with van der Waals surface area (Å²) in [6.45, 7) is 2.00. The topological polar surface area (TPSA) is 157 Å². The highest BCUT2D eigenvalue weighted by atomic mass is 14.9. The molecular weight excluding hydrogens is 412 g/mol. The number of benzene rings is 2. The molecule has 0 spiro atoms. The lowest BCUT2D eigenvalue weighted by Gasteiger charge is -2.00. The molecule has 8 N–H and O–H groups in total. The smallest absolute Gasteiger partial charge is 0.138 e. The van der Waals surface area contributed by atoms with E-state index < -0.39 is 0 Å². The van der Waals surface area contributed by atoms with E-state index >= 15 is 0 Å². The summed E-state index contributed by atoms with van der Waals surface area (Å²) >= 11 is 0. The second-order valence-electron chi connectivity index (χ2n) is 7.37. The van der Waals surface area contributed by atoms with Gasteiger partial charge < -0.3 is 21.4 Å². The van der Waals surface area contributed by atoms with E-state index in [0.29, 0.717) is 18.4 Å². The fourth-order valence-corrected chi connectivity index (χ4v) is 3.34. The second-order valence-corrected chi connectivity index (χ2v) is 7.37. The molecule has 0 amide bonds. The molecule has 4 rings (SSSR count). The number of hydrogen-bond donors (Lipinski definition) is 6. The van der Waals surface area contributed by atoms with Crippen LogP contribution in [0.2, 0.25) is 0 Å². The van der Waals surface area contributed by atoms with Gasteiger partial charge in [-0.25, -0.2) is 9.97 Å². The highest BCUT2D eigenvalue weighted by molar-refractivity contribution is 5.98. The maximum atomic E-state index is 7.59. The number of H-pyrrole nitrogens is 2. The minimum atomic E-state index is 0.0323. The molecule has 0 saturated heterocycles. The van der Waals surface area contributed by atoms with E-state index in [4.69, 9.17) is 27.3 Å². The van der Waals surface area contributed by atoms with Gasteiger partial charge in [0.05, 0.1) is 22.6 Å². The van der Waals surface area contributed by atoms with Crippen molar-refractivity contribution in [2.24, 2.45) is 11.5 Å². The Morgan fingerprint density at radius 1 is 0.939 bits per heavy atom. The van der Waals surface area contributed by atoms with E-state index in [9.17, 15) is 0 Å². The van der Waals surface area contributed by atoms with Gasteiger partial charge >= 0.3 is 0 Å². The van der Waals surface area contributed by atoms with Crippen LogP contribution in [0.1, 0.15) is 23.4 Å². The number of nitrogen functional groups attached to an aromatic ring is 1. The van der Waals surface area contributed by atoms with E-state index in [1.54, 1.807) is 6.07 Å². The van der Waals surface area contributed by atoms with Gasteiger partial charge in [-0.15, -0.1) is 12.8 Å². The number of fused-ring (bicyclic) bond motifs is 1. The van der Waals surface area contributed by atoms with E-state index in [0.717, 1.165) is 45.2 Å². The fraction of sp³-hybridized carbons (Fsp3) is 0.120. The Balaban J connectivity index is 0.00000149. The third-order valence-electron chi connectivity index (χ3n) is 5.03. The Bertz CT molecular complexity index is 1340. The number of terminal acetylenes is 1. The number of nitrogens with two attached hydrogens (primary N) is 2. The predicted octanol–water partition coefficient (Wildman–Crippen LogP) is 3.89. The number of rotatable bonds is 7. The first-order valence-corrected chi connectivity index (χ1v) is 10.2. The number of aromatic nitrogens is 4. The molecule has 2 heterocycles. The van der Waals surface area contributed by atoms with Crippen molar-refractivity contribution in [1.82, 2.24) is 19.9 Å². The van der Waals surface area contributed by atoms with Gasteiger partial charge in [0.15, 0.2) is 0 Å². The first-order chi connectivity index (χ1) is 15.9. The minimum absolute atomic E-state index is 0.0323. The van der Waals surface area contributed by atoms with Crippen LogP contribution in [0.25, 0.3) is 33.8 Å². The molecule has 0 aliphatic heterocycles. The molecule has 0 aliphatic carbocycles. The van der Waals surface area contributed by atoms with E-state index in [1.165, 1.54) is 0 Å². The van der Waals surface area contributed by atoms with Gasteiger partial charge in [-0.2, -0.15) is 0 Å². The number of nitrogens with one attached hydrogen (secondary N) is 4. The number of aromatic amines is 2. The van der Waals surface area contributed by atoms with Crippen LogP contribution in [0.15, 0.2) is 54.6 Å². The molecule has 0 radical (unpaired) electrons. The molecule has 2 aromatic heterocycles. The summed E-state index contributed by atoms with van der Waals surface area (Å²) in [7, 11) is 0. The number of hydrogen-bond acceptors (Lipinski definition) is 4. The molecule has 8 nitrogen and oxygen atoms in total. The summed E-state index contributed by atoms with van der Waals surface area (Å²) in [5.74, 6) is 1.76. The van der Waals surface area contributed by atoms with Gasteiger partial charge in [-0.3, -0.25) is 10.8 Å². The first kappa shape index (κ1) is 23.0. The molecule has 0 fully saturated rings. The van der Waals surface area contributed by atoms with Crippen molar-refractivity contribution in [3.05, 3.63) is 71.6 Å². The molecule has 0 atom stereocenters. The number of imidazole rings is 2. The van der Waals surface area contributed by atoms with Crippen LogP contribution in [0.5, 0.6) is 0 Å². The molecule has 0 bridgehead atoms. The highest BCUT2D eigenvalue weighted by Gasteiger charge is 2.10. The normalized spacial score (nSPS) is 10.8. The summed E-state index contributed by atoms with van der Waals surface area (Å²) in [6, 6.07) is 13.5. The molecule has 0 aliphatic rings. The molecule has 2 aromatic carbocycles. The Kier molecular flexibility index (Phi) is 7.06. The van der Waals surface area contributed by atoms with Crippen LogP contribution in [0, 0.1) is 30.6 Å². The van der Waals surface area contributed by atoms with Crippen molar-refractivity contribution in [1.29, 1.82) is 10.8 Å². The van der Waals surface area contributed by atoms with Crippen molar-refractivity contribution in [3.63, 3.8) is 0 Å². The minimum Gasteiger partial charge on any atom is -0.387 e. The zero-order valence-corrected chi connectivity index (χ0v) is 18.3. The average molecular weight is 439 g/mol. The van der Waals surface area contributed by atoms with Crippen molar-refractivity contribution >= 4 is 22.7 Å².